The molecule has 1 aliphatic heterocycles. The molecular formula is C25H44N6O. The highest BCUT2D eigenvalue weighted by atomic mass is 16.1. The molecule has 7 nitrogen and oxygen atoms in total. The van der Waals surface area contributed by atoms with Crippen molar-refractivity contribution in [2.75, 3.05) is 37.6 Å². The van der Waals surface area contributed by atoms with Gasteiger partial charge in [-0.25, -0.2) is 4.98 Å². The van der Waals surface area contributed by atoms with Crippen molar-refractivity contribution in [3.63, 3.8) is 0 Å². The molecule has 0 amide bonds. The Morgan fingerprint density at radius 2 is 1.81 bits per heavy atom. The minimum atomic E-state index is -0.187. The van der Waals surface area contributed by atoms with Crippen molar-refractivity contribution >= 4 is 17.0 Å². The van der Waals surface area contributed by atoms with Gasteiger partial charge in [0.15, 0.2) is 5.52 Å². The van der Waals surface area contributed by atoms with Gasteiger partial charge in [0.2, 0.25) is 5.95 Å². The van der Waals surface area contributed by atoms with Crippen molar-refractivity contribution < 1.29 is 0 Å². The van der Waals surface area contributed by atoms with Gasteiger partial charge >= 0.3 is 0 Å². The summed E-state index contributed by atoms with van der Waals surface area (Å²) in [6, 6.07) is 0. The Labute approximate surface area is 193 Å². The SMILES string of the molecule is CC1CCCCN(CCN(CC(C)(C)C)c2nc3c(C(C)(C)C)nn(C)c3c(=O)[nH]2)CC1. The van der Waals surface area contributed by atoms with E-state index in [2.05, 4.69) is 68.3 Å². The molecule has 0 aliphatic carbocycles. The summed E-state index contributed by atoms with van der Waals surface area (Å²) in [5, 5.41) is 4.65. The van der Waals surface area contributed by atoms with Crippen molar-refractivity contribution in [3.05, 3.63) is 16.0 Å². The highest BCUT2D eigenvalue weighted by Crippen LogP contribution is 2.28. The fourth-order valence-electron chi connectivity index (χ4n) is 4.63. The number of H-pyrrole nitrogens is 1. The molecule has 0 aromatic carbocycles. The molecule has 1 N–H and O–H groups in total. The summed E-state index contributed by atoms with van der Waals surface area (Å²) < 4.78 is 1.67. The molecule has 0 spiro atoms. The molecule has 2 aromatic heterocycles. The van der Waals surface area contributed by atoms with Crippen LogP contribution in [0.1, 0.15) is 79.8 Å². The summed E-state index contributed by atoms with van der Waals surface area (Å²) in [6.45, 7) is 20.4. The molecule has 0 radical (unpaired) electrons. The first kappa shape index (κ1) is 24.7. The van der Waals surface area contributed by atoms with E-state index in [9.17, 15) is 4.79 Å². The molecule has 1 unspecified atom stereocenters. The minimum Gasteiger partial charge on any atom is -0.341 e. The number of anilines is 1. The van der Waals surface area contributed by atoms with Crippen LogP contribution in [0.5, 0.6) is 0 Å². The molecule has 32 heavy (non-hydrogen) atoms. The molecule has 180 valence electrons. The van der Waals surface area contributed by atoms with Crippen molar-refractivity contribution in [3.8, 4) is 0 Å². The minimum absolute atomic E-state index is 0.0834. The molecule has 1 atom stereocenters. The Morgan fingerprint density at radius 3 is 2.47 bits per heavy atom. The van der Waals surface area contributed by atoms with Gasteiger partial charge in [0.1, 0.15) is 5.52 Å². The number of hydrogen-bond acceptors (Lipinski definition) is 5. The van der Waals surface area contributed by atoms with Crippen LogP contribution < -0.4 is 10.5 Å². The monoisotopic (exact) mass is 444 g/mol. The number of hydrogen-bond donors (Lipinski definition) is 1. The highest BCUT2D eigenvalue weighted by molar-refractivity contribution is 5.78. The zero-order valence-electron chi connectivity index (χ0n) is 21.6. The number of nitrogens with zero attached hydrogens (tertiary/aromatic N) is 5. The summed E-state index contributed by atoms with van der Waals surface area (Å²) in [7, 11) is 1.82. The number of fused-ring (bicyclic) bond motifs is 1. The van der Waals surface area contributed by atoms with Gasteiger partial charge in [-0.15, -0.1) is 0 Å². The third-order valence-corrected chi connectivity index (χ3v) is 6.40. The molecule has 0 saturated carbocycles. The van der Waals surface area contributed by atoms with Crippen molar-refractivity contribution in [1.82, 2.24) is 24.6 Å². The standard InChI is InChI=1S/C25H44N6O/c1-18-11-9-10-13-30(14-12-18)15-16-31(17-24(2,3)4)23-26-19-20(22(32)27-23)29(8)28-21(19)25(5,6)7/h18H,9-17H2,1-8H3,(H,26,27,32). The highest BCUT2D eigenvalue weighted by Gasteiger charge is 2.27. The van der Waals surface area contributed by atoms with Crippen molar-refractivity contribution in [2.24, 2.45) is 18.4 Å². The number of nitrogens with one attached hydrogen (secondary N) is 1. The van der Waals surface area contributed by atoms with Gasteiger partial charge in [0, 0.05) is 32.1 Å². The molecule has 1 fully saturated rings. The Hall–Kier alpha value is -1.89. The Bertz CT molecular complexity index is 962. The fraction of sp³-hybridized carbons (Fsp3) is 0.800. The lowest BCUT2D eigenvalue weighted by atomic mass is 9.91. The maximum absolute atomic E-state index is 13.1. The van der Waals surface area contributed by atoms with Crippen LogP contribution in [0.25, 0.3) is 11.0 Å². The third-order valence-electron chi connectivity index (χ3n) is 6.40. The first-order chi connectivity index (χ1) is 14.8. The van der Waals surface area contributed by atoms with Crippen molar-refractivity contribution in [2.45, 2.75) is 79.6 Å². The van der Waals surface area contributed by atoms with Gasteiger partial charge in [-0.1, -0.05) is 61.3 Å². The van der Waals surface area contributed by atoms with E-state index in [0.717, 1.165) is 49.9 Å². The lowest BCUT2D eigenvalue weighted by molar-refractivity contribution is 0.227. The fourth-order valence-corrected chi connectivity index (χ4v) is 4.63. The second-order valence-electron chi connectivity index (χ2n) is 12.0. The largest absolute Gasteiger partial charge is 0.341 e. The van der Waals surface area contributed by atoms with Gasteiger partial charge in [-0.05, 0) is 37.3 Å². The maximum atomic E-state index is 13.1. The summed E-state index contributed by atoms with van der Waals surface area (Å²) in [5.74, 6) is 1.47. The van der Waals surface area contributed by atoms with Gasteiger partial charge in [0.05, 0.1) is 5.69 Å². The van der Waals surface area contributed by atoms with Crippen LogP contribution in [0.2, 0.25) is 0 Å². The van der Waals surface area contributed by atoms with E-state index in [-0.39, 0.29) is 16.4 Å². The van der Waals surface area contributed by atoms with E-state index in [1.807, 2.05) is 7.05 Å². The van der Waals surface area contributed by atoms with Gasteiger partial charge in [-0.2, -0.15) is 5.10 Å². The van der Waals surface area contributed by atoms with Crippen LogP contribution in [-0.2, 0) is 12.5 Å². The lowest BCUT2D eigenvalue weighted by Gasteiger charge is -2.33. The number of aryl methyl sites for hydroxylation is 1. The number of aromatic amines is 1. The topological polar surface area (TPSA) is 70.1 Å². The Morgan fingerprint density at radius 1 is 1.09 bits per heavy atom. The lowest BCUT2D eigenvalue weighted by Crippen LogP contribution is -2.42. The van der Waals surface area contributed by atoms with Gasteiger partial charge in [0.25, 0.3) is 5.56 Å². The van der Waals surface area contributed by atoms with E-state index < -0.39 is 0 Å². The van der Waals surface area contributed by atoms with E-state index in [0.29, 0.717) is 11.5 Å². The van der Waals surface area contributed by atoms with Crippen LogP contribution in [0.3, 0.4) is 0 Å². The van der Waals surface area contributed by atoms with Crippen molar-refractivity contribution in [1.29, 1.82) is 0 Å². The smallest absolute Gasteiger partial charge is 0.278 e. The van der Waals surface area contributed by atoms with Gasteiger partial charge in [-0.3, -0.25) is 14.5 Å². The van der Waals surface area contributed by atoms with Crippen LogP contribution >= 0.6 is 0 Å². The number of likely N-dealkylation sites (tertiary alicyclic amines) is 1. The summed E-state index contributed by atoms with van der Waals surface area (Å²) in [5.41, 5.74) is 1.92. The van der Waals surface area contributed by atoms with Gasteiger partial charge < -0.3 is 9.80 Å². The molecule has 1 saturated heterocycles. The predicted octanol–water partition coefficient (Wildman–Crippen LogP) is 4.32. The summed E-state index contributed by atoms with van der Waals surface area (Å²) in [6.07, 6.45) is 5.22. The molecule has 3 rings (SSSR count). The molecule has 1 aliphatic rings. The summed E-state index contributed by atoms with van der Waals surface area (Å²) >= 11 is 0. The zero-order valence-corrected chi connectivity index (χ0v) is 21.6. The molecule has 7 heteroatoms. The maximum Gasteiger partial charge on any atom is 0.278 e. The first-order valence-electron chi connectivity index (χ1n) is 12.3. The normalized spacial score (nSPS) is 19.2. The van der Waals surface area contributed by atoms with E-state index in [4.69, 9.17) is 4.98 Å². The summed E-state index contributed by atoms with van der Waals surface area (Å²) in [4.78, 5) is 26.0. The Kier molecular flexibility index (Phi) is 7.38. The molecule has 0 bridgehead atoms. The first-order valence-corrected chi connectivity index (χ1v) is 12.3. The van der Waals surface area contributed by atoms with Crippen LogP contribution in [-0.4, -0.2) is 57.4 Å². The quantitative estimate of drug-likeness (QED) is 0.744. The predicted molar refractivity (Wildman–Crippen MR) is 134 cm³/mol. The molecular weight excluding hydrogens is 400 g/mol. The average molecular weight is 445 g/mol. The average Bonchev–Trinajstić information content (AvgIpc) is 3.00. The van der Waals surface area contributed by atoms with E-state index in [1.165, 1.54) is 25.7 Å². The number of aromatic nitrogens is 4. The van der Waals surface area contributed by atoms with Crippen LogP contribution in [0.15, 0.2) is 4.79 Å². The molecule has 3 heterocycles. The van der Waals surface area contributed by atoms with E-state index in [1.54, 1.807) is 4.68 Å². The number of rotatable bonds is 5. The second-order valence-corrected chi connectivity index (χ2v) is 12.0. The third kappa shape index (κ3) is 6.12. The van der Waals surface area contributed by atoms with Crippen LogP contribution in [0.4, 0.5) is 5.95 Å². The Balaban J connectivity index is 1.92. The zero-order chi connectivity index (χ0) is 23.7. The molecule has 2 aromatic rings. The van der Waals surface area contributed by atoms with E-state index >= 15 is 0 Å². The second kappa shape index (κ2) is 9.54. The van der Waals surface area contributed by atoms with Crippen LogP contribution in [0, 0.1) is 11.3 Å².